The largest absolute Gasteiger partial charge is 0.457 e. The number of rotatable bonds is 3. The lowest BCUT2D eigenvalue weighted by molar-refractivity contribution is -0.140. The van der Waals surface area contributed by atoms with Crippen LogP contribution in [0.5, 0.6) is 11.5 Å². The molecule has 5 heteroatoms. The second-order valence-corrected chi connectivity index (χ2v) is 9.12. The number of para-hydroxylation sites is 2. The van der Waals surface area contributed by atoms with Crippen LogP contribution in [-0.4, -0.2) is 47.8 Å². The van der Waals surface area contributed by atoms with Crippen LogP contribution < -0.4 is 4.74 Å². The van der Waals surface area contributed by atoms with E-state index in [4.69, 9.17) is 4.74 Å². The summed E-state index contributed by atoms with van der Waals surface area (Å²) in [5.41, 5.74) is 3.06. The fourth-order valence-corrected chi connectivity index (χ4v) is 5.28. The molecule has 2 amide bonds. The molecule has 2 unspecified atom stereocenters. The van der Waals surface area contributed by atoms with E-state index < -0.39 is 0 Å². The molecule has 1 aliphatic carbocycles. The van der Waals surface area contributed by atoms with Crippen LogP contribution >= 0.6 is 0 Å². The van der Waals surface area contributed by atoms with Crippen LogP contribution in [0.25, 0.3) is 0 Å². The summed E-state index contributed by atoms with van der Waals surface area (Å²) >= 11 is 0. The standard InChI is InChI=1S/C28H26N2O3/c31-27(23-18-22(23)19-8-2-1-3-9-19)29-14-16-30(17-15-29)28(32)26-20-10-4-6-12-24(20)33-25-13-7-5-11-21(25)26/h1-13,22-23,26H,14-18H2. The molecule has 1 saturated heterocycles. The van der Waals surface area contributed by atoms with Crippen molar-refractivity contribution in [1.29, 1.82) is 0 Å². The van der Waals surface area contributed by atoms with Gasteiger partial charge in [0, 0.05) is 43.2 Å². The molecule has 6 rings (SSSR count). The molecule has 166 valence electrons. The molecule has 2 atom stereocenters. The third kappa shape index (κ3) is 3.58. The zero-order valence-corrected chi connectivity index (χ0v) is 18.4. The van der Waals surface area contributed by atoms with Gasteiger partial charge in [-0.05, 0) is 30.0 Å². The van der Waals surface area contributed by atoms with Gasteiger partial charge in [0.15, 0.2) is 0 Å². The Morgan fingerprint density at radius 3 is 1.79 bits per heavy atom. The first-order valence-electron chi connectivity index (χ1n) is 11.7. The van der Waals surface area contributed by atoms with E-state index in [1.165, 1.54) is 5.56 Å². The number of hydrogen-bond donors (Lipinski definition) is 0. The Kier molecular flexibility index (Phi) is 4.90. The highest BCUT2D eigenvalue weighted by atomic mass is 16.5. The third-order valence-electron chi connectivity index (χ3n) is 7.17. The maximum absolute atomic E-state index is 13.7. The van der Waals surface area contributed by atoms with Crippen molar-refractivity contribution in [2.75, 3.05) is 26.2 Å². The van der Waals surface area contributed by atoms with Gasteiger partial charge >= 0.3 is 0 Å². The fourth-order valence-electron chi connectivity index (χ4n) is 5.28. The fraction of sp³-hybridized carbons (Fsp3) is 0.286. The Morgan fingerprint density at radius 2 is 1.18 bits per heavy atom. The van der Waals surface area contributed by atoms with Crippen LogP contribution in [0, 0.1) is 5.92 Å². The predicted molar refractivity (Wildman–Crippen MR) is 125 cm³/mol. The highest BCUT2D eigenvalue weighted by Gasteiger charge is 2.46. The molecule has 3 aromatic carbocycles. The molecule has 2 fully saturated rings. The van der Waals surface area contributed by atoms with Crippen molar-refractivity contribution in [2.45, 2.75) is 18.3 Å². The van der Waals surface area contributed by atoms with E-state index >= 15 is 0 Å². The van der Waals surface area contributed by atoms with E-state index in [1.54, 1.807) is 0 Å². The molecule has 0 radical (unpaired) electrons. The van der Waals surface area contributed by atoms with Crippen molar-refractivity contribution in [3.63, 3.8) is 0 Å². The average molecular weight is 439 g/mol. The van der Waals surface area contributed by atoms with Crippen LogP contribution in [0.2, 0.25) is 0 Å². The second-order valence-electron chi connectivity index (χ2n) is 9.12. The van der Waals surface area contributed by atoms with Gasteiger partial charge in [-0.25, -0.2) is 0 Å². The van der Waals surface area contributed by atoms with Crippen molar-refractivity contribution in [3.05, 3.63) is 95.6 Å². The molecule has 2 aliphatic heterocycles. The molecule has 0 bridgehead atoms. The SMILES string of the molecule is O=C(C1c2ccccc2Oc2ccccc21)N1CCN(C(=O)C2CC2c2ccccc2)CC1. The summed E-state index contributed by atoms with van der Waals surface area (Å²) in [6, 6.07) is 25.8. The van der Waals surface area contributed by atoms with Crippen molar-refractivity contribution in [1.82, 2.24) is 9.80 Å². The summed E-state index contributed by atoms with van der Waals surface area (Å²) in [5.74, 6) is 1.85. The zero-order chi connectivity index (χ0) is 22.4. The number of benzene rings is 3. The molecular formula is C28H26N2O3. The number of fused-ring (bicyclic) bond motifs is 2. The summed E-state index contributed by atoms with van der Waals surface area (Å²) in [6.45, 7) is 2.31. The summed E-state index contributed by atoms with van der Waals surface area (Å²) < 4.78 is 6.05. The van der Waals surface area contributed by atoms with Crippen LogP contribution in [0.15, 0.2) is 78.9 Å². The quantitative estimate of drug-likeness (QED) is 0.609. The number of ether oxygens (including phenoxy) is 1. The van der Waals surface area contributed by atoms with Crippen molar-refractivity contribution in [2.24, 2.45) is 5.92 Å². The molecule has 0 N–H and O–H groups in total. The van der Waals surface area contributed by atoms with Crippen molar-refractivity contribution < 1.29 is 14.3 Å². The van der Waals surface area contributed by atoms with Gasteiger partial charge in [0.1, 0.15) is 11.5 Å². The maximum Gasteiger partial charge on any atom is 0.234 e. The highest BCUT2D eigenvalue weighted by Crippen LogP contribution is 2.48. The molecular weight excluding hydrogens is 412 g/mol. The summed E-state index contributed by atoms with van der Waals surface area (Å²) in [6.07, 6.45) is 0.928. The molecule has 0 spiro atoms. The summed E-state index contributed by atoms with van der Waals surface area (Å²) in [5, 5.41) is 0. The molecule has 1 saturated carbocycles. The third-order valence-corrected chi connectivity index (χ3v) is 7.17. The lowest BCUT2D eigenvalue weighted by Gasteiger charge is -2.38. The van der Waals surface area contributed by atoms with E-state index in [9.17, 15) is 9.59 Å². The van der Waals surface area contributed by atoms with Gasteiger partial charge in [0.25, 0.3) is 0 Å². The first-order valence-corrected chi connectivity index (χ1v) is 11.7. The van der Waals surface area contributed by atoms with E-state index in [0.29, 0.717) is 32.1 Å². The van der Waals surface area contributed by atoms with Crippen LogP contribution in [0.3, 0.4) is 0 Å². The number of carbonyl (C=O) groups is 2. The number of piperazine rings is 1. The number of amides is 2. The Bertz CT molecular complexity index is 1160. The normalized spacial score (nSPS) is 21.6. The predicted octanol–water partition coefficient (Wildman–Crippen LogP) is 4.40. The van der Waals surface area contributed by atoms with Gasteiger partial charge < -0.3 is 14.5 Å². The van der Waals surface area contributed by atoms with Gasteiger partial charge in [0.05, 0.1) is 5.92 Å². The average Bonchev–Trinajstić information content (AvgIpc) is 3.68. The van der Waals surface area contributed by atoms with Gasteiger partial charge in [-0.15, -0.1) is 0 Å². The lowest BCUT2D eigenvalue weighted by Crippen LogP contribution is -2.52. The molecule has 3 aromatic rings. The van der Waals surface area contributed by atoms with Crippen LogP contribution in [0.4, 0.5) is 0 Å². The van der Waals surface area contributed by atoms with Crippen molar-refractivity contribution >= 4 is 11.8 Å². The first-order chi connectivity index (χ1) is 16.2. The van der Waals surface area contributed by atoms with Crippen molar-refractivity contribution in [3.8, 4) is 11.5 Å². The minimum absolute atomic E-state index is 0.0823. The van der Waals surface area contributed by atoms with E-state index in [1.807, 2.05) is 76.5 Å². The number of carbonyl (C=O) groups excluding carboxylic acids is 2. The zero-order valence-electron chi connectivity index (χ0n) is 18.4. The molecule has 3 aliphatic rings. The first kappa shape index (κ1) is 20.0. The maximum atomic E-state index is 13.7. The van der Waals surface area contributed by atoms with Gasteiger partial charge in [-0.2, -0.15) is 0 Å². The lowest BCUT2D eigenvalue weighted by atomic mass is 9.86. The smallest absolute Gasteiger partial charge is 0.234 e. The van der Waals surface area contributed by atoms with Crippen LogP contribution in [0.1, 0.15) is 34.9 Å². The van der Waals surface area contributed by atoms with Gasteiger partial charge in [-0.3, -0.25) is 9.59 Å². The molecule has 5 nitrogen and oxygen atoms in total. The second kappa shape index (κ2) is 8.07. The van der Waals surface area contributed by atoms with Gasteiger partial charge in [0.2, 0.25) is 11.8 Å². The molecule has 33 heavy (non-hydrogen) atoms. The summed E-state index contributed by atoms with van der Waals surface area (Å²) in [4.78, 5) is 30.6. The van der Waals surface area contributed by atoms with Gasteiger partial charge in [-0.1, -0.05) is 66.7 Å². The number of nitrogens with zero attached hydrogens (tertiary/aromatic N) is 2. The molecule has 0 aromatic heterocycles. The summed E-state index contributed by atoms with van der Waals surface area (Å²) in [7, 11) is 0. The van der Waals surface area contributed by atoms with Crippen LogP contribution in [-0.2, 0) is 9.59 Å². The van der Waals surface area contributed by atoms with E-state index in [0.717, 1.165) is 29.0 Å². The highest BCUT2D eigenvalue weighted by molar-refractivity contribution is 5.90. The topological polar surface area (TPSA) is 49.9 Å². The Labute approximate surface area is 193 Å². The van der Waals surface area contributed by atoms with E-state index in [-0.39, 0.29) is 23.7 Å². The Morgan fingerprint density at radius 1 is 0.667 bits per heavy atom. The van der Waals surface area contributed by atoms with E-state index in [2.05, 4.69) is 12.1 Å². The number of hydrogen-bond acceptors (Lipinski definition) is 3. The minimum Gasteiger partial charge on any atom is -0.457 e. The monoisotopic (exact) mass is 438 g/mol. The molecule has 2 heterocycles. The Balaban J connectivity index is 1.15. The minimum atomic E-state index is -0.376. The Hall–Kier alpha value is -3.60.